The second kappa shape index (κ2) is 8.45. The van der Waals surface area contributed by atoms with E-state index >= 15 is 0 Å². The summed E-state index contributed by atoms with van der Waals surface area (Å²) >= 11 is 1.60. The summed E-state index contributed by atoms with van der Waals surface area (Å²) in [6.07, 6.45) is 11.6. The van der Waals surface area contributed by atoms with Crippen molar-refractivity contribution in [1.82, 2.24) is 20.2 Å². The Morgan fingerprint density at radius 1 is 1.33 bits per heavy atom. The first-order chi connectivity index (χ1) is 13.3. The van der Waals surface area contributed by atoms with Crippen molar-refractivity contribution in [2.45, 2.75) is 31.8 Å². The molecule has 6 nitrogen and oxygen atoms in total. The fourth-order valence-electron chi connectivity index (χ4n) is 3.46. The van der Waals surface area contributed by atoms with Gasteiger partial charge in [-0.05, 0) is 37.6 Å². The van der Waals surface area contributed by atoms with Crippen LogP contribution in [0.4, 0.5) is 0 Å². The summed E-state index contributed by atoms with van der Waals surface area (Å²) in [5.74, 6) is -0.0190. The Labute approximate surface area is 162 Å². The molecule has 0 spiro atoms. The number of nitrogens with zero attached hydrogens (tertiary/aromatic N) is 3. The van der Waals surface area contributed by atoms with Crippen LogP contribution in [0, 0.1) is 0 Å². The topological polar surface area (TPSA) is 71.3 Å². The van der Waals surface area contributed by atoms with Gasteiger partial charge in [0.05, 0.1) is 23.1 Å². The summed E-state index contributed by atoms with van der Waals surface area (Å²) in [6.45, 7) is 2.52. The number of furan rings is 1. The summed E-state index contributed by atoms with van der Waals surface area (Å²) in [6, 6.07) is 6.43. The molecule has 3 aromatic heterocycles. The van der Waals surface area contributed by atoms with Crippen LogP contribution in [0.15, 0.2) is 53.7 Å². The molecule has 1 amide bonds. The van der Waals surface area contributed by atoms with Crippen molar-refractivity contribution in [2.24, 2.45) is 0 Å². The number of nitrogens with one attached hydrogen (secondary N) is 1. The molecule has 3 aromatic rings. The van der Waals surface area contributed by atoms with E-state index in [1.807, 2.05) is 12.1 Å². The van der Waals surface area contributed by atoms with E-state index in [9.17, 15) is 4.79 Å². The van der Waals surface area contributed by atoms with Gasteiger partial charge >= 0.3 is 0 Å². The van der Waals surface area contributed by atoms with Gasteiger partial charge in [0.15, 0.2) is 0 Å². The van der Waals surface area contributed by atoms with Crippen LogP contribution < -0.4 is 5.32 Å². The van der Waals surface area contributed by atoms with E-state index < -0.39 is 0 Å². The molecule has 1 saturated heterocycles. The van der Waals surface area contributed by atoms with Gasteiger partial charge in [-0.3, -0.25) is 19.7 Å². The zero-order valence-electron chi connectivity index (χ0n) is 15.0. The number of hydrogen-bond acceptors (Lipinski definition) is 6. The van der Waals surface area contributed by atoms with Gasteiger partial charge in [-0.1, -0.05) is 0 Å². The molecule has 0 unspecified atom stereocenters. The molecule has 1 aliphatic rings. The lowest BCUT2D eigenvalue weighted by Gasteiger charge is -2.22. The van der Waals surface area contributed by atoms with Gasteiger partial charge in [-0.15, -0.1) is 11.3 Å². The summed E-state index contributed by atoms with van der Waals surface area (Å²) < 4.78 is 5.19. The highest BCUT2D eigenvalue weighted by atomic mass is 32.1. The van der Waals surface area contributed by atoms with E-state index in [1.165, 1.54) is 16.9 Å². The predicted octanol–water partition coefficient (Wildman–Crippen LogP) is 3.44. The minimum absolute atomic E-state index is 0.0190. The molecular weight excluding hydrogens is 360 g/mol. The average Bonchev–Trinajstić information content (AvgIpc) is 3.44. The van der Waals surface area contributed by atoms with Crippen molar-refractivity contribution in [3.63, 3.8) is 0 Å². The highest BCUT2D eigenvalue weighted by Gasteiger charge is 2.28. The first-order valence-corrected chi connectivity index (χ1v) is 9.99. The fraction of sp³-hybridized carbons (Fsp3) is 0.350. The van der Waals surface area contributed by atoms with E-state index in [0.29, 0.717) is 19.0 Å². The Morgan fingerprint density at radius 3 is 3.11 bits per heavy atom. The number of carbonyl (C=O) groups excluding carboxylic acids is 1. The van der Waals surface area contributed by atoms with Crippen LogP contribution in [0.1, 0.15) is 44.7 Å². The first-order valence-electron chi connectivity index (χ1n) is 9.17. The molecule has 1 N–H and O–H groups in total. The monoisotopic (exact) mass is 382 g/mol. The number of amides is 1. The predicted molar refractivity (Wildman–Crippen MR) is 103 cm³/mol. The van der Waals surface area contributed by atoms with Gasteiger partial charge in [0.2, 0.25) is 0 Å². The molecule has 0 bridgehead atoms. The SMILES string of the molecule is O=C(NCCc1cnccn1)c1ccc([C@@H]2CCCN2Cc2ccoc2)s1. The van der Waals surface area contributed by atoms with Crippen molar-refractivity contribution in [1.29, 1.82) is 0 Å². The van der Waals surface area contributed by atoms with Crippen molar-refractivity contribution in [2.75, 3.05) is 13.1 Å². The molecule has 0 aliphatic carbocycles. The van der Waals surface area contributed by atoms with Crippen LogP contribution in [0.25, 0.3) is 0 Å². The molecule has 0 aromatic carbocycles. The molecule has 27 heavy (non-hydrogen) atoms. The van der Waals surface area contributed by atoms with Crippen LogP contribution >= 0.6 is 11.3 Å². The van der Waals surface area contributed by atoms with Crippen molar-refractivity contribution in [3.05, 3.63) is 70.3 Å². The van der Waals surface area contributed by atoms with E-state index in [0.717, 1.165) is 30.1 Å². The Hall–Kier alpha value is -2.51. The highest BCUT2D eigenvalue weighted by molar-refractivity contribution is 7.14. The Kier molecular flexibility index (Phi) is 5.60. The van der Waals surface area contributed by atoms with Crippen LogP contribution in [-0.4, -0.2) is 33.9 Å². The van der Waals surface area contributed by atoms with Crippen LogP contribution in [0.5, 0.6) is 0 Å². The smallest absolute Gasteiger partial charge is 0.261 e. The highest BCUT2D eigenvalue weighted by Crippen LogP contribution is 2.36. The van der Waals surface area contributed by atoms with Crippen LogP contribution in [0.2, 0.25) is 0 Å². The third-order valence-corrected chi connectivity index (χ3v) is 5.98. The van der Waals surface area contributed by atoms with Gasteiger partial charge in [-0.2, -0.15) is 0 Å². The van der Waals surface area contributed by atoms with Gasteiger partial charge in [0.1, 0.15) is 0 Å². The van der Waals surface area contributed by atoms with Gasteiger partial charge in [-0.25, -0.2) is 0 Å². The number of hydrogen-bond donors (Lipinski definition) is 1. The lowest BCUT2D eigenvalue weighted by Crippen LogP contribution is -2.25. The molecule has 0 radical (unpaired) electrons. The maximum atomic E-state index is 12.4. The third kappa shape index (κ3) is 4.43. The summed E-state index contributed by atoms with van der Waals surface area (Å²) in [5, 5.41) is 2.98. The van der Waals surface area contributed by atoms with E-state index in [1.54, 1.807) is 42.5 Å². The maximum Gasteiger partial charge on any atom is 0.261 e. The standard InChI is InChI=1S/C20H22N4O2S/c25-20(23-7-5-16-12-21-8-9-22-16)19-4-3-18(27-19)17-2-1-10-24(17)13-15-6-11-26-14-15/h3-4,6,8-9,11-12,14,17H,1-2,5,7,10,13H2,(H,23,25)/t17-/m0/s1. The second-order valence-corrected chi connectivity index (χ2v) is 7.78. The van der Waals surface area contributed by atoms with Gasteiger partial charge < -0.3 is 9.73 Å². The molecule has 4 heterocycles. The van der Waals surface area contributed by atoms with E-state index in [-0.39, 0.29) is 5.91 Å². The quantitative estimate of drug-likeness (QED) is 0.678. The number of likely N-dealkylation sites (tertiary alicyclic amines) is 1. The van der Waals surface area contributed by atoms with Crippen molar-refractivity contribution in [3.8, 4) is 0 Å². The van der Waals surface area contributed by atoms with Crippen molar-refractivity contribution >= 4 is 17.2 Å². The molecule has 140 valence electrons. The zero-order chi connectivity index (χ0) is 18.5. The van der Waals surface area contributed by atoms with Gasteiger partial charge in [0.25, 0.3) is 5.91 Å². The molecule has 1 atom stereocenters. The van der Waals surface area contributed by atoms with E-state index in [2.05, 4.69) is 26.3 Å². The molecule has 7 heteroatoms. The Morgan fingerprint density at radius 2 is 2.30 bits per heavy atom. The van der Waals surface area contributed by atoms with Gasteiger partial charge in [0, 0.05) is 54.6 Å². The third-order valence-electron chi connectivity index (χ3n) is 4.79. The minimum Gasteiger partial charge on any atom is -0.472 e. The van der Waals surface area contributed by atoms with E-state index in [4.69, 9.17) is 4.42 Å². The van der Waals surface area contributed by atoms with Crippen LogP contribution in [-0.2, 0) is 13.0 Å². The lowest BCUT2D eigenvalue weighted by molar-refractivity contribution is 0.0958. The normalized spacial score (nSPS) is 17.3. The lowest BCUT2D eigenvalue weighted by atomic mass is 10.2. The Balaban J connectivity index is 1.34. The zero-order valence-corrected chi connectivity index (χ0v) is 15.8. The largest absolute Gasteiger partial charge is 0.472 e. The molecule has 1 aliphatic heterocycles. The van der Waals surface area contributed by atoms with Crippen LogP contribution in [0.3, 0.4) is 0 Å². The fourth-order valence-corrected chi connectivity index (χ4v) is 4.55. The summed E-state index contributed by atoms with van der Waals surface area (Å²) in [7, 11) is 0. The number of thiophene rings is 1. The first kappa shape index (κ1) is 17.9. The second-order valence-electron chi connectivity index (χ2n) is 6.66. The summed E-state index contributed by atoms with van der Waals surface area (Å²) in [4.78, 5) is 25.2. The number of aromatic nitrogens is 2. The number of rotatable bonds is 7. The molecule has 1 fully saturated rings. The summed E-state index contributed by atoms with van der Waals surface area (Å²) in [5.41, 5.74) is 2.07. The average molecular weight is 382 g/mol. The molecule has 4 rings (SSSR count). The maximum absolute atomic E-state index is 12.4. The minimum atomic E-state index is -0.0190. The Bertz CT molecular complexity index is 863. The molecule has 0 saturated carbocycles. The van der Waals surface area contributed by atoms with Crippen molar-refractivity contribution < 1.29 is 9.21 Å². The number of carbonyl (C=O) groups is 1. The molecular formula is C20H22N4O2S.